The summed E-state index contributed by atoms with van der Waals surface area (Å²) in [6, 6.07) is 10.9. The molecular formula is C19H24FNO5S2. The van der Waals surface area contributed by atoms with Crippen molar-refractivity contribution < 1.29 is 25.4 Å². The second-order valence-corrected chi connectivity index (χ2v) is 10.4. The van der Waals surface area contributed by atoms with E-state index >= 15 is 0 Å². The Labute approximate surface area is 166 Å². The van der Waals surface area contributed by atoms with E-state index in [1.807, 2.05) is 13.8 Å². The summed E-state index contributed by atoms with van der Waals surface area (Å²) in [4.78, 5) is 0.0229. The van der Waals surface area contributed by atoms with E-state index in [-0.39, 0.29) is 17.2 Å². The van der Waals surface area contributed by atoms with Gasteiger partial charge in [0.2, 0.25) is 10.0 Å². The third kappa shape index (κ3) is 6.57. The first-order chi connectivity index (χ1) is 13.0. The van der Waals surface area contributed by atoms with Crippen molar-refractivity contribution in [1.82, 2.24) is 4.31 Å². The zero-order valence-corrected chi connectivity index (χ0v) is 17.6. The van der Waals surface area contributed by atoms with Crippen LogP contribution in [0.25, 0.3) is 0 Å². The van der Waals surface area contributed by atoms with Gasteiger partial charge in [0.25, 0.3) is 0 Å². The molecule has 0 radical (unpaired) electrons. The first-order valence-electron chi connectivity index (χ1n) is 8.71. The summed E-state index contributed by atoms with van der Waals surface area (Å²) in [7, 11) is -7.44. The number of hydrogen-bond acceptors (Lipinski definition) is 5. The molecule has 2 aromatic carbocycles. The lowest BCUT2D eigenvalue weighted by Gasteiger charge is -2.23. The lowest BCUT2D eigenvalue weighted by atomic mass is 10.1. The van der Waals surface area contributed by atoms with Gasteiger partial charge in [-0.3, -0.25) is 0 Å². The number of halogens is 1. The Morgan fingerprint density at radius 1 is 0.964 bits per heavy atom. The van der Waals surface area contributed by atoms with Crippen LogP contribution in [0.2, 0.25) is 0 Å². The van der Waals surface area contributed by atoms with Crippen molar-refractivity contribution in [2.75, 3.05) is 12.8 Å². The molecule has 0 spiro atoms. The highest BCUT2D eigenvalue weighted by atomic mass is 32.2. The molecule has 0 aliphatic carbocycles. The molecule has 0 N–H and O–H groups in total. The Bertz CT molecular complexity index is 986. The molecule has 0 heterocycles. The fourth-order valence-corrected chi connectivity index (χ4v) is 4.37. The highest BCUT2D eigenvalue weighted by Gasteiger charge is 2.25. The van der Waals surface area contributed by atoms with Gasteiger partial charge in [0, 0.05) is 13.1 Å². The Morgan fingerprint density at radius 3 is 2.04 bits per heavy atom. The number of rotatable bonds is 9. The first-order valence-corrected chi connectivity index (χ1v) is 12.0. The monoisotopic (exact) mass is 429 g/mol. The summed E-state index contributed by atoms with van der Waals surface area (Å²) in [5, 5.41) is 0. The predicted molar refractivity (Wildman–Crippen MR) is 105 cm³/mol. The third-order valence-electron chi connectivity index (χ3n) is 3.94. The van der Waals surface area contributed by atoms with Crippen LogP contribution in [0, 0.1) is 11.7 Å². The summed E-state index contributed by atoms with van der Waals surface area (Å²) in [6.45, 7) is 4.41. The minimum Gasteiger partial charge on any atom is -0.383 e. The minimum absolute atomic E-state index is 0.0229. The minimum atomic E-state index is -3.81. The van der Waals surface area contributed by atoms with Gasteiger partial charge in [-0.05, 0) is 54.3 Å². The molecule has 0 aliphatic rings. The molecule has 0 aliphatic heterocycles. The Kier molecular flexibility index (Phi) is 7.19. The van der Waals surface area contributed by atoms with Crippen molar-refractivity contribution in [1.29, 1.82) is 0 Å². The van der Waals surface area contributed by atoms with Crippen LogP contribution in [-0.2, 0) is 26.7 Å². The zero-order chi connectivity index (χ0) is 20.9. The van der Waals surface area contributed by atoms with Crippen LogP contribution in [-0.4, -0.2) is 33.9 Å². The zero-order valence-electron chi connectivity index (χ0n) is 16.0. The maximum absolute atomic E-state index is 13.2. The van der Waals surface area contributed by atoms with E-state index in [1.54, 1.807) is 12.1 Å². The maximum Gasteiger partial charge on any atom is 0.306 e. The first kappa shape index (κ1) is 22.3. The highest BCUT2D eigenvalue weighted by Crippen LogP contribution is 2.22. The average Bonchev–Trinajstić information content (AvgIpc) is 2.58. The van der Waals surface area contributed by atoms with Crippen LogP contribution in [0.15, 0.2) is 53.4 Å². The maximum atomic E-state index is 13.2. The van der Waals surface area contributed by atoms with E-state index in [0.29, 0.717) is 24.4 Å². The van der Waals surface area contributed by atoms with Crippen molar-refractivity contribution in [3.63, 3.8) is 0 Å². The molecule has 0 bridgehead atoms. The largest absolute Gasteiger partial charge is 0.383 e. The van der Waals surface area contributed by atoms with E-state index in [2.05, 4.69) is 0 Å². The summed E-state index contributed by atoms with van der Waals surface area (Å²) >= 11 is 0. The van der Waals surface area contributed by atoms with Gasteiger partial charge in [-0.2, -0.15) is 12.7 Å². The van der Waals surface area contributed by atoms with Crippen LogP contribution in [0.1, 0.15) is 25.8 Å². The molecule has 0 saturated carbocycles. The van der Waals surface area contributed by atoms with E-state index < -0.39 is 26.0 Å². The molecule has 0 aromatic heterocycles. The number of benzene rings is 2. The lowest BCUT2D eigenvalue weighted by molar-refractivity contribution is 0.375. The Balaban J connectivity index is 2.26. The van der Waals surface area contributed by atoms with Gasteiger partial charge >= 0.3 is 10.1 Å². The van der Waals surface area contributed by atoms with Gasteiger partial charge in [0.1, 0.15) is 11.6 Å². The predicted octanol–water partition coefficient (Wildman–Crippen LogP) is 3.40. The summed E-state index contributed by atoms with van der Waals surface area (Å²) in [5.74, 6) is -0.0491. The van der Waals surface area contributed by atoms with Gasteiger partial charge in [-0.25, -0.2) is 12.8 Å². The molecule has 0 atom stereocenters. The van der Waals surface area contributed by atoms with Crippen LogP contribution in [0.5, 0.6) is 5.75 Å². The molecule has 154 valence electrons. The van der Waals surface area contributed by atoms with Gasteiger partial charge in [-0.15, -0.1) is 0 Å². The van der Waals surface area contributed by atoms with Crippen LogP contribution in [0.4, 0.5) is 4.39 Å². The molecular weight excluding hydrogens is 405 g/mol. The molecule has 6 nitrogen and oxygen atoms in total. The quantitative estimate of drug-likeness (QED) is 0.571. The molecule has 9 heteroatoms. The third-order valence-corrected chi connectivity index (χ3v) is 6.29. The molecule has 2 rings (SSSR count). The van der Waals surface area contributed by atoms with Gasteiger partial charge in [0.05, 0.1) is 11.2 Å². The molecule has 0 unspecified atom stereocenters. The van der Waals surface area contributed by atoms with E-state index in [4.69, 9.17) is 4.18 Å². The second kappa shape index (κ2) is 9.02. The highest BCUT2D eigenvalue weighted by molar-refractivity contribution is 7.89. The van der Waals surface area contributed by atoms with Crippen molar-refractivity contribution in [2.45, 2.75) is 31.7 Å². The van der Waals surface area contributed by atoms with E-state index in [1.165, 1.54) is 28.6 Å². The van der Waals surface area contributed by atoms with Crippen molar-refractivity contribution >= 4 is 20.1 Å². The van der Waals surface area contributed by atoms with E-state index in [0.717, 1.165) is 18.4 Å². The fourth-order valence-electron chi connectivity index (χ4n) is 2.47. The van der Waals surface area contributed by atoms with Crippen LogP contribution < -0.4 is 4.18 Å². The van der Waals surface area contributed by atoms with Gasteiger partial charge in [0.15, 0.2) is 0 Å². The Hall–Kier alpha value is -1.97. The number of hydrogen-bond donors (Lipinski definition) is 0. The van der Waals surface area contributed by atoms with Crippen molar-refractivity contribution in [3.05, 3.63) is 59.9 Å². The smallest absolute Gasteiger partial charge is 0.306 e. The Morgan fingerprint density at radius 2 is 1.54 bits per heavy atom. The topological polar surface area (TPSA) is 80.8 Å². The lowest BCUT2D eigenvalue weighted by Crippen LogP contribution is -2.32. The summed E-state index contributed by atoms with van der Waals surface area (Å²) in [5.41, 5.74) is 0.676. The molecule has 0 amide bonds. The fraction of sp³-hybridized carbons (Fsp3) is 0.368. The van der Waals surface area contributed by atoms with Crippen molar-refractivity contribution in [2.24, 2.45) is 5.92 Å². The molecule has 0 fully saturated rings. The normalized spacial score (nSPS) is 12.5. The average molecular weight is 430 g/mol. The standard InChI is InChI=1S/C19H24FNO5S2/c1-15(2)12-13-21(28(24,25)19-10-6-17(20)7-11-19)14-16-4-8-18(9-5-16)26-27(3,22)23/h4-11,15H,12-14H2,1-3H3. The van der Waals surface area contributed by atoms with E-state index in [9.17, 15) is 21.2 Å². The van der Waals surface area contributed by atoms with Crippen molar-refractivity contribution in [3.8, 4) is 5.75 Å². The molecule has 0 saturated heterocycles. The SMILES string of the molecule is CC(C)CCN(Cc1ccc(OS(C)(=O)=O)cc1)S(=O)(=O)c1ccc(F)cc1. The molecule has 2 aromatic rings. The summed E-state index contributed by atoms with van der Waals surface area (Å²) < 4.78 is 67.7. The summed E-state index contributed by atoms with van der Waals surface area (Å²) in [6.07, 6.45) is 1.61. The van der Waals surface area contributed by atoms with Gasteiger partial charge < -0.3 is 4.18 Å². The second-order valence-electron chi connectivity index (χ2n) is 6.91. The van der Waals surface area contributed by atoms with Crippen LogP contribution >= 0.6 is 0 Å². The molecule has 28 heavy (non-hydrogen) atoms. The van der Waals surface area contributed by atoms with Crippen LogP contribution in [0.3, 0.4) is 0 Å². The van der Waals surface area contributed by atoms with Gasteiger partial charge in [-0.1, -0.05) is 26.0 Å². The number of nitrogens with zero attached hydrogens (tertiary/aromatic N) is 1. The number of sulfonamides is 1.